The maximum atomic E-state index is 12.9. The Morgan fingerprint density at radius 2 is 1.62 bits per heavy atom. The van der Waals surface area contributed by atoms with Crippen LogP contribution in [0.5, 0.6) is 23.0 Å². The zero-order valence-electron chi connectivity index (χ0n) is 18.9. The number of carbonyl (C=O) groups is 3. The first-order chi connectivity index (χ1) is 15.1. The zero-order valence-corrected chi connectivity index (χ0v) is 18.9. The number of carbonyl (C=O) groups excluding carboxylic acids is 3. The molecule has 0 fully saturated rings. The first-order valence-electron chi connectivity index (χ1n) is 10.2. The minimum absolute atomic E-state index is 0.0773. The molecule has 1 atom stereocenters. The molecule has 168 valence electrons. The van der Waals surface area contributed by atoms with Crippen LogP contribution in [0, 0.1) is 0 Å². The Bertz CT molecular complexity index is 1130. The van der Waals surface area contributed by atoms with Crippen molar-refractivity contribution >= 4 is 23.3 Å². The molecule has 0 aromatic heterocycles. The number of ether oxygens (including phenoxy) is 4. The predicted molar refractivity (Wildman–Crippen MR) is 116 cm³/mol. The topological polar surface area (TPSA) is 91.4 Å². The summed E-state index contributed by atoms with van der Waals surface area (Å²) in [5.41, 5.74) is 1.41. The van der Waals surface area contributed by atoms with Crippen molar-refractivity contribution in [3.05, 3.63) is 41.0 Å². The standard InChI is InChI=1S/C24H25NO7/c1-12-11-24(2,3)25-19-15(12)9-14(10-16(19)20(26)22(25)27)32-23(28)13-7-17(29-4)21(31-6)18(8-13)30-5/h7-10,12H,11H2,1-6H3. The molecular weight excluding hydrogens is 414 g/mol. The van der Waals surface area contributed by atoms with Crippen LogP contribution >= 0.6 is 0 Å². The molecular formula is C24H25NO7. The van der Waals surface area contributed by atoms with Crippen molar-refractivity contribution in [2.45, 2.75) is 38.6 Å². The van der Waals surface area contributed by atoms with Gasteiger partial charge < -0.3 is 18.9 Å². The molecule has 0 N–H and O–H groups in total. The van der Waals surface area contributed by atoms with E-state index in [0.29, 0.717) is 29.4 Å². The second kappa shape index (κ2) is 7.55. The number of amides is 1. The molecule has 0 aliphatic carbocycles. The van der Waals surface area contributed by atoms with Gasteiger partial charge >= 0.3 is 5.97 Å². The summed E-state index contributed by atoms with van der Waals surface area (Å²) in [5, 5.41) is 0. The van der Waals surface area contributed by atoms with Gasteiger partial charge in [-0.1, -0.05) is 6.92 Å². The summed E-state index contributed by atoms with van der Waals surface area (Å²) in [5.74, 6) is -0.533. The van der Waals surface area contributed by atoms with E-state index < -0.39 is 23.2 Å². The predicted octanol–water partition coefficient (Wildman–Crippen LogP) is 3.75. The molecule has 1 unspecified atom stereocenters. The monoisotopic (exact) mass is 439 g/mol. The lowest BCUT2D eigenvalue weighted by Gasteiger charge is -2.43. The van der Waals surface area contributed by atoms with Crippen LogP contribution in [0.15, 0.2) is 24.3 Å². The molecule has 8 heteroatoms. The van der Waals surface area contributed by atoms with Crippen molar-refractivity contribution in [1.82, 2.24) is 0 Å². The van der Waals surface area contributed by atoms with Crippen LogP contribution in [-0.2, 0) is 4.79 Å². The molecule has 0 bridgehead atoms. The highest BCUT2D eigenvalue weighted by atomic mass is 16.5. The highest BCUT2D eigenvalue weighted by Crippen LogP contribution is 2.50. The highest BCUT2D eigenvalue weighted by Gasteiger charge is 2.49. The Hall–Kier alpha value is -3.55. The quantitative estimate of drug-likeness (QED) is 0.398. The Morgan fingerprint density at radius 1 is 1.00 bits per heavy atom. The summed E-state index contributed by atoms with van der Waals surface area (Å²) in [6, 6.07) is 6.17. The second-order valence-electron chi connectivity index (χ2n) is 8.60. The normalized spacial score (nSPS) is 18.3. The van der Waals surface area contributed by atoms with Crippen molar-refractivity contribution < 1.29 is 33.3 Å². The average Bonchev–Trinajstić information content (AvgIpc) is 3.02. The second-order valence-corrected chi connectivity index (χ2v) is 8.60. The Balaban J connectivity index is 1.74. The number of hydrogen-bond acceptors (Lipinski definition) is 7. The van der Waals surface area contributed by atoms with Crippen LogP contribution < -0.4 is 23.8 Å². The van der Waals surface area contributed by atoms with Gasteiger partial charge in [0.25, 0.3) is 11.7 Å². The van der Waals surface area contributed by atoms with Crippen molar-refractivity contribution in [1.29, 1.82) is 0 Å². The first-order valence-corrected chi connectivity index (χ1v) is 10.2. The molecule has 2 aliphatic heterocycles. The highest BCUT2D eigenvalue weighted by molar-refractivity contribution is 6.53. The van der Waals surface area contributed by atoms with Gasteiger partial charge in [0, 0.05) is 5.54 Å². The number of hydrogen-bond donors (Lipinski definition) is 0. The van der Waals surface area contributed by atoms with Crippen LogP contribution in [0.25, 0.3) is 0 Å². The molecule has 2 heterocycles. The van der Waals surface area contributed by atoms with Gasteiger partial charge in [0.15, 0.2) is 11.5 Å². The maximum Gasteiger partial charge on any atom is 0.343 e. The van der Waals surface area contributed by atoms with Gasteiger partial charge in [-0.3, -0.25) is 14.5 Å². The van der Waals surface area contributed by atoms with Gasteiger partial charge in [-0.25, -0.2) is 4.79 Å². The zero-order chi connectivity index (χ0) is 23.4. The van der Waals surface area contributed by atoms with Gasteiger partial charge in [0.2, 0.25) is 5.75 Å². The summed E-state index contributed by atoms with van der Waals surface area (Å²) in [4.78, 5) is 39.9. The lowest BCUT2D eigenvalue weighted by molar-refractivity contribution is -0.115. The Kier molecular flexibility index (Phi) is 5.11. The number of rotatable bonds is 5. The van der Waals surface area contributed by atoms with E-state index in [9.17, 15) is 14.4 Å². The number of methoxy groups -OCH3 is 3. The summed E-state index contributed by atoms with van der Waals surface area (Å²) < 4.78 is 21.5. The molecule has 0 radical (unpaired) electrons. The number of ketones is 1. The molecule has 4 rings (SSSR count). The molecule has 0 spiro atoms. The molecule has 2 aliphatic rings. The van der Waals surface area contributed by atoms with E-state index in [1.165, 1.54) is 39.5 Å². The summed E-state index contributed by atoms with van der Waals surface area (Å²) in [7, 11) is 4.38. The van der Waals surface area contributed by atoms with Gasteiger partial charge in [0.1, 0.15) is 5.75 Å². The van der Waals surface area contributed by atoms with Crippen LogP contribution in [0.1, 0.15) is 59.4 Å². The van der Waals surface area contributed by atoms with Crippen LogP contribution in [-0.4, -0.2) is 44.5 Å². The maximum absolute atomic E-state index is 12.9. The van der Waals surface area contributed by atoms with Gasteiger partial charge in [0.05, 0.1) is 38.1 Å². The number of esters is 1. The largest absolute Gasteiger partial charge is 0.493 e. The number of benzene rings is 2. The minimum Gasteiger partial charge on any atom is -0.493 e. The number of nitrogens with zero attached hydrogens (tertiary/aromatic N) is 1. The fraction of sp³-hybridized carbons (Fsp3) is 0.375. The van der Waals surface area contributed by atoms with Crippen LogP contribution in [0.2, 0.25) is 0 Å². The number of anilines is 1. The van der Waals surface area contributed by atoms with E-state index >= 15 is 0 Å². The third-order valence-corrected chi connectivity index (χ3v) is 6.03. The van der Waals surface area contributed by atoms with Crippen molar-refractivity contribution in [3.63, 3.8) is 0 Å². The van der Waals surface area contributed by atoms with Crippen molar-refractivity contribution in [2.75, 3.05) is 26.2 Å². The fourth-order valence-electron chi connectivity index (χ4n) is 4.70. The summed E-state index contributed by atoms with van der Waals surface area (Å²) in [6.07, 6.45) is 0.683. The lowest BCUT2D eigenvalue weighted by atomic mass is 9.80. The third-order valence-electron chi connectivity index (χ3n) is 6.03. The van der Waals surface area contributed by atoms with E-state index in [2.05, 4.69) is 0 Å². The van der Waals surface area contributed by atoms with E-state index in [0.717, 1.165) is 5.56 Å². The Labute approximate surface area is 186 Å². The van der Waals surface area contributed by atoms with Crippen molar-refractivity contribution in [2.24, 2.45) is 0 Å². The van der Waals surface area contributed by atoms with E-state index in [-0.39, 0.29) is 22.8 Å². The Morgan fingerprint density at radius 3 is 2.19 bits per heavy atom. The summed E-state index contributed by atoms with van der Waals surface area (Å²) in [6.45, 7) is 5.93. The molecule has 0 saturated carbocycles. The third kappa shape index (κ3) is 3.18. The fourth-order valence-corrected chi connectivity index (χ4v) is 4.70. The average molecular weight is 439 g/mol. The van der Waals surface area contributed by atoms with Gasteiger partial charge in [-0.2, -0.15) is 0 Å². The van der Waals surface area contributed by atoms with E-state index in [4.69, 9.17) is 18.9 Å². The lowest BCUT2D eigenvalue weighted by Crippen LogP contribution is -2.50. The smallest absolute Gasteiger partial charge is 0.343 e. The van der Waals surface area contributed by atoms with Gasteiger partial charge in [-0.05, 0) is 56.0 Å². The molecule has 1 amide bonds. The van der Waals surface area contributed by atoms with Gasteiger partial charge in [-0.15, -0.1) is 0 Å². The number of Topliss-reactive ketones (excluding diaryl/α,β-unsaturated/α-hetero) is 1. The molecule has 2 aromatic carbocycles. The molecule has 0 saturated heterocycles. The van der Waals surface area contributed by atoms with E-state index in [1.807, 2.05) is 20.8 Å². The molecule has 32 heavy (non-hydrogen) atoms. The molecule has 8 nitrogen and oxygen atoms in total. The van der Waals surface area contributed by atoms with Crippen molar-refractivity contribution in [3.8, 4) is 23.0 Å². The summed E-state index contributed by atoms with van der Waals surface area (Å²) >= 11 is 0. The van der Waals surface area contributed by atoms with Crippen LogP contribution in [0.3, 0.4) is 0 Å². The SMILES string of the molecule is COc1cc(C(=O)Oc2cc3c4c(c2)C(C)CC(C)(C)N4C(=O)C3=O)cc(OC)c1OC. The minimum atomic E-state index is -0.658. The van der Waals surface area contributed by atoms with Crippen LogP contribution in [0.4, 0.5) is 5.69 Å². The first kappa shape index (κ1) is 21.7. The molecule has 2 aromatic rings. The van der Waals surface area contributed by atoms with E-state index in [1.54, 1.807) is 11.0 Å².